The SMILES string of the molecule is Brc1ccsc1CN1CCNCC1c1cccnc1.Cl. The lowest BCUT2D eigenvalue weighted by atomic mass is 10.1. The third-order valence-electron chi connectivity index (χ3n) is 3.46. The molecule has 0 aromatic carbocycles. The van der Waals surface area contributed by atoms with Gasteiger partial charge in [-0.05, 0) is 39.0 Å². The van der Waals surface area contributed by atoms with Gasteiger partial charge in [-0.25, -0.2) is 0 Å². The molecule has 108 valence electrons. The van der Waals surface area contributed by atoms with Crippen molar-refractivity contribution in [3.05, 3.63) is 50.9 Å². The molecule has 0 bridgehead atoms. The molecule has 0 spiro atoms. The summed E-state index contributed by atoms with van der Waals surface area (Å²) in [4.78, 5) is 8.18. The number of pyridine rings is 1. The zero-order chi connectivity index (χ0) is 13.1. The second kappa shape index (κ2) is 7.52. The van der Waals surface area contributed by atoms with Gasteiger partial charge in [0.05, 0.1) is 0 Å². The van der Waals surface area contributed by atoms with Gasteiger partial charge in [-0.2, -0.15) is 0 Å². The van der Waals surface area contributed by atoms with Gasteiger partial charge in [-0.1, -0.05) is 6.07 Å². The highest BCUT2D eigenvalue weighted by Gasteiger charge is 2.24. The van der Waals surface area contributed by atoms with Gasteiger partial charge in [0.25, 0.3) is 0 Å². The summed E-state index contributed by atoms with van der Waals surface area (Å²) >= 11 is 5.44. The summed E-state index contributed by atoms with van der Waals surface area (Å²) in [5.74, 6) is 0. The Bertz CT molecular complexity index is 534. The van der Waals surface area contributed by atoms with E-state index < -0.39 is 0 Å². The van der Waals surface area contributed by atoms with Crippen LogP contribution < -0.4 is 5.32 Å². The van der Waals surface area contributed by atoms with Crippen molar-refractivity contribution in [2.75, 3.05) is 19.6 Å². The number of piperazine rings is 1. The van der Waals surface area contributed by atoms with Crippen LogP contribution in [0.25, 0.3) is 0 Å². The Morgan fingerprint density at radius 1 is 1.45 bits per heavy atom. The van der Waals surface area contributed by atoms with E-state index in [4.69, 9.17) is 0 Å². The van der Waals surface area contributed by atoms with Crippen molar-refractivity contribution >= 4 is 39.7 Å². The fraction of sp³-hybridized carbons (Fsp3) is 0.357. The Kier molecular flexibility index (Phi) is 5.99. The maximum absolute atomic E-state index is 4.25. The van der Waals surface area contributed by atoms with Gasteiger partial charge in [0.2, 0.25) is 0 Å². The predicted molar refractivity (Wildman–Crippen MR) is 89.5 cm³/mol. The van der Waals surface area contributed by atoms with E-state index in [0.29, 0.717) is 6.04 Å². The average molecular weight is 375 g/mol. The molecule has 1 aliphatic rings. The number of hydrogen-bond acceptors (Lipinski definition) is 4. The first-order valence-corrected chi connectivity index (χ1v) is 8.08. The molecule has 1 saturated heterocycles. The van der Waals surface area contributed by atoms with Crippen LogP contribution >= 0.6 is 39.7 Å². The maximum Gasteiger partial charge on any atom is 0.0492 e. The number of hydrogen-bond donors (Lipinski definition) is 1. The first kappa shape index (κ1) is 15.9. The molecule has 0 saturated carbocycles. The molecule has 0 amide bonds. The van der Waals surface area contributed by atoms with Crippen LogP contribution in [0.2, 0.25) is 0 Å². The number of nitrogens with one attached hydrogen (secondary N) is 1. The van der Waals surface area contributed by atoms with Crippen molar-refractivity contribution < 1.29 is 0 Å². The van der Waals surface area contributed by atoms with Crippen LogP contribution in [0.3, 0.4) is 0 Å². The van der Waals surface area contributed by atoms with Crippen LogP contribution in [0.4, 0.5) is 0 Å². The van der Waals surface area contributed by atoms with Crippen molar-refractivity contribution in [3.8, 4) is 0 Å². The van der Waals surface area contributed by atoms with E-state index in [1.165, 1.54) is 14.9 Å². The predicted octanol–water partition coefficient (Wildman–Crippen LogP) is 3.47. The van der Waals surface area contributed by atoms with Gasteiger partial charge in [-0.3, -0.25) is 9.88 Å². The van der Waals surface area contributed by atoms with Crippen molar-refractivity contribution in [2.24, 2.45) is 0 Å². The van der Waals surface area contributed by atoms with Crippen LogP contribution in [-0.4, -0.2) is 29.5 Å². The van der Waals surface area contributed by atoms with E-state index in [1.807, 2.05) is 29.8 Å². The largest absolute Gasteiger partial charge is 0.314 e. The summed E-state index contributed by atoms with van der Waals surface area (Å²) in [6.07, 6.45) is 3.81. The lowest BCUT2D eigenvalue weighted by molar-refractivity contribution is 0.154. The van der Waals surface area contributed by atoms with E-state index in [0.717, 1.165) is 26.2 Å². The van der Waals surface area contributed by atoms with Gasteiger partial charge >= 0.3 is 0 Å². The summed E-state index contributed by atoms with van der Waals surface area (Å²) in [6, 6.07) is 6.72. The third-order valence-corrected chi connectivity index (χ3v) is 5.37. The van der Waals surface area contributed by atoms with Crippen LogP contribution in [0.5, 0.6) is 0 Å². The fourth-order valence-corrected chi connectivity index (χ4v) is 3.96. The molecule has 3 nitrogen and oxygen atoms in total. The van der Waals surface area contributed by atoms with E-state index >= 15 is 0 Å². The molecule has 1 N–H and O–H groups in total. The molecule has 1 fully saturated rings. The summed E-state index contributed by atoms with van der Waals surface area (Å²) in [5.41, 5.74) is 1.29. The number of nitrogens with zero attached hydrogens (tertiary/aromatic N) is 2. The van der Waals surface area contributed by atoms with Gasteiger partial charge in [-0.15, -0.1) is 23.7 Å². The van der Waals surface area contributed by atoms with Crippen molar-refractivity contribution in [3.63, 3.8) is 0 Å². The summed E-state index contributed by atoms with van der Waals surface area (Å²) in [6.45, 7) is 4.12. The highest BCUT2D eigenvalue weighted by molar-refractivity contribution is 9.10. The van der Waals surface area contributed by atoms with Crippen LogP contribution in [0.15, 0.2) is 40.4 Å². The van der Waals surface area contributed by atoms with E-state index in [9.17, 15) is 0 Å². The fourth-order valence-electron chi connectivity index (χ4n) is 2.46. The van der Waals surface area contributed by atoms with Gasteiger partial charge in [0.1, 0.15) is 0 Å². The quantitative estimate of drug-likeness (QED) is 0.891. The molecule has 3 rings (SSSR count). The minimum Gasteiger partial charge on any atom is -0.314 e. The van der Waals surface area contributed by atoms with Crippen LogP contribution in [0, 0.1) is 0 Å². The van der Waals surface area contributed by atoms with Crippen LogP contribution in [0.1, 0.15) is 16.5 Å². The first-order valence-electron chi connectivity index (χ1n) is 6.41. The van der Waals surface area contributed by atoms with Gasteiger partial charge in [0.15, 0.2) is 0 Å². The lowest BCUT2D eigenvalue weighted by Crippen LogP contribution is -2.45. The molecular formula is C14H17BrClN3S. The van der Waals surface area contributed by atoms with Gasteiger partial charge < -0.3 is 5.32 Å². The Balaban J connectivity index is 0.00000147. The second-order valence-corrected chi connectivity index (χ2v) is 6.52. The average Bonchev–Trinajstić information content (AvgIpc) is 2.86. The molecule has 1 unspecified atom stereocenters. The molecule has 1 aliphatic heterocycles. The maximum atomic E-state index is 4.25. The zero-order valence-corrected chi connectivity index (χ0v) is 14.2. The second-order valence-electron chi connectivity index (χ2n) is 4.67. The number of thiophene rings is 1. The highest BCUT2D eigenvalue weighted by Crippen LogP contribution is 2.29. The number of halogens is 2. The smallest absolute Gasteiger partial charge is 0.0492 e. The monoisotopic (exact) mass is 373 g/mol. The minimum absolute atomic E-state index is 0. The van der Waals surface area contributed by atoms with Crippen molar-refractivity contribution in [1.29, 1.82) is 0 Å². The molecule has 1 atom stereocenters. The minimum atomic E-state index is 0. The summed E-state index contributed by atoms with van der Waals surface area (Å²) in [7, 11) is 0. The van der Waals surface area contributed by atoms with E-state index in [1.54, 1.807) is 0 Å². The van der Waals surface area contributed by atoms with E-state index in [2.05, 4.69) is 48.6 Å². The Labute approximate surface area is 137 Å². The molecule has 2 aromatic heterocycles. The highest BCUT2D eigenvalue weighted by atomic mass is 79.9. The first-order chi connectivity index (χ1) is 9.34. The summed E-state index contributed by atoms with van der Waals surface area (Å²) < 4.78 is 1.22. The Hall–Kier alpha value is -0.460. The van der Waals surface area contributed by atoms with Crippen LogP contribution in [-0.2, 0) is 6.54 Å². The molecule has 20 heavy (non-hydrogen) atoms. The normalized spacial score (nSPS) is 19.6. The molecule has 0 radical (unpaired) electrons. The Morgan fingerprint density at radius 3 is 3.05 bits per heavy atom. The number of aromatic nitrogens is 1. The molecule has 6 heteroatoms. The van der Waals surface area contributed by atoms with Crippen molar-refractivity contribution in [2.45, 2.75) is 12.6 Å². The summed E-state index contributed by atoms with van der Waals surface area (Å²) in [5, 5.41) is 5.62. The topological polar surface area (TPSA) is 28.2 Å². The zero-order valence-electron chi connectivity index (χ0n) is 11.0. The van der Waals surface area contributed by atoms with E-state index in [-0.39, 0.29) is 12.4 Å². The lowest BCUT2D eigenvalue weighted by Gasteiger charge is -2.36. The van der Waals surface area contributed by atoms with Crippen molar-refractivity contribution in [1.82, 2.24) is 15.2 Å². The molecular weight excluding hydrogens is 358 g/mol. The number of rotatable bonds is 3. The molecule has 3 heterocycles. The molecule has 0 aliphatic carbocycles. The molecule has 2 aromatic rings. The third kappa shape index (κ3) is 3.59. The Morgan fingerprint density at radius 2 is 2.35 bits per heavy atom. The van der Waals surface area contributed by atoms with Gasteiger partial charge in [0, 0.05) is 54.0 Å². The standard InChI is InChI=1S/C14H16BrN3S.ClH/c15-12-3-7-19-14(12)10-18-6-5-17-9-13(18)11-2-1-4-16-8-11;/h1-4,7-8,13,17H,5-6,9-10H2;1H.